The third-order valence-electron chi connectivity index (χ3n) is 4.96. The number of aryl methyl sites for hydroxylation is 2. The molecule has 4 rings (SSSR count). The Balaban J connectivity index is 1.49. The smallest absolute Gasteiger partial charge is 0.273 e. The van der Waals surface area contributed by atoms with Crippen LogP contribution in [0.15, 0.2) is 65.9 Å². The quantitative estimate of drug-likeness (QED) is 0.708. The Morgan fingerprint density at radius 2 is 1.87 bits per heavy atom. The Hall–Kier alpha value is -3.74. The summed E-state index contributed by atoms with van der Waals surface area (Å²) in [6.45, 7) is 4.50. The summed E-state index contributed by atoms with van der Waals surface area (Å²) in [6, 6.07) is 17.6. The first-order valence-corrected chi connectivity index (χ1v) is 9.86. The molecule has 2 aromatic carbocycles. The Morgan fingerprint density at radius 1 is 1.07 bits per heavy atom. The summed E-state index contributed by atoms with van der Waals surface area (Å²) < 4.78 is 1.76. The molecule has 0 fully saturated rings. The fourth-order valence-electron chi connectivity index (χ4n) is 3.33. The molecule has 1 aromatic heterocycles. The lowest BCUT2D eigenvalue weighted by Gasteiger charge is -2.24. The molecular weight excluding hydrogens is 378 g/mol. The standard InChI is InChI=1S/C23H23N5O2/c1-16-8-9-17(2)20(14-16)28-22(29)11-10-19(25-28)23(30)24-21-12-13-27(26-21)15-18-6-4-3-5-7-18/h3-9,12-14H,10-11,15H2,1-2H3,(H,24,26,30). The van der Waals surface area contributed by atoms with E-state index in [1.54, 1.807) is 10.7 Å². The highest BCUT2D eigenvalue weighted by Crippen LogP contribution is 2.25. The lowest BCUT2D eigenvalue weighted by atomic mass is 10.1. The zero-order valence-electron chi connectivity index (χ0n) is 17.0. The van der Waals surface area contributed by atoms with E-state index in [1.165, 1.54) is 5.01 Å². The third kappa shape index (κ3) is 4.30. The summed E-state index contributed by atoms with van der Waals surface area (Å²) in [7, 11) is 0. The summed E-state index contributed by atoms with van der Waals surface area (Å²) >= 11 is 0. The van der Waals surface area contributed by atoms with E-state index in [0.717, 1.165) is 16.7 Å². The van der Waals surface area contributed by atoms with Crippen molar-refractivity contribution in [2.24, 2.45) is 5.10 Å². The van der Waals surface area contributed by atoms with Crippen molar-refractivity contribution in [3.8, 4) is 0 Å². The van der Waals surface area contributed by atoms with Gasteiger partial charge in [-0.3, -0.25) is 14.3 Å². The normalized spacial score (nSPS) is 13.9. The number of carbonyl (C=O) groups excluding carboxylic acids is 2. The molecule has 0 aliphatic carbocycles. The summed E-state index contributed by atoms with van der Waals surface area (Å²) in [6.07, 6.45) is 2.36. The van der Waals surface area contributed by atoms with Crippen LogP contribution in [-0.4, -0.2) is 27.3 Å². The minimum atomic E-state index is -0.345. The maximum atomic E-state index is 12.7. The van der Waals surface area contributed by atoms with Crippen molar-refractivity contribution in [3.63, 3.8) is 0 Å². The molecule has 0 atom stereocenters. The molecule has 0 unspecified atom stereocenters. The van der Waals surface area contributed by atoms with Crippen LogP contribution in [0.4, 0.5) is 11.5 Å². The van der Waals surface area contributed by atoms with E-state index in [0.29, 0.717) is 30.2 Å². The van der Waals surface area contributed by atoms with Gasteiger partial charge in [-0.1, -0.05) is 42.5 Å². The highest BCUT2D eigenvalue weighted by molar-refractivity contribution is 6.44. The number of hydrogen-bond donors (Lipinski definition) is 1. The molecule has 0 saturated carbocycles. The molecular formula is C23H23N5O2. The van der Waals surface area contributed by atoms with Gasteiger partial charge in [0.2, 0.25) is 5.91 Å². The van der Waals surface area contributed by atoms with Crippen molar-refractivity contribution in [1.82, 2.24) is 9.78 Å². The second kappa shape index (κ2) is 8.32. The van der Waals surface area contributed by atoms with E-state index >= 15 is 0 Å². The maximum Gasteiger partial charge on any atom is 0.273 e. The number of carbonyl (C=O) groups is 2. The number of amides is 2. The van der Waals surface area contributed by atoms with Gasteiger partial charge in [0.25, 0.3) is 5.91 Å². The Morgan fingerprint density at radius 3 is 2.67 bits per heavy atom. The fourth-order valence-corrected chi connectivity index (χ4v) is 3.33. The van der Waals surface area contributed by atoms with Gasteiger partial charge >= 0.3 is 0 Å². The Kier molecular flexibility index (Phi) is 5.43. The van der Waals surface area contributed by atoms with Crippen LogP contribution in [0.25, 0.3) is 0 Å². The van der Waals surface area contributed by atoms with Gasteiger partial charge in [0.15, 0.2) is 5.82 Å². The first-order valence-electron chi connectivity index (χ1n) is 9.86. The van der Waals surface area contributed by atoms with E-state index in [-0.39, 0.29) is 18.2 Å². The van der Waals surface area contributed by atoms with Gasteiger partial charge < -0.3 is 5.32 Å². The summed E-state index contributed by atoms with van der Waals surface area (Å²) in [5, 5.41) is 12.9. The molecule has 7 heteroatoms. The van der Waals surface area contributed by atoms with Crippen molar-refractivity contribution in [3.05, 3.63) is 77.5 Å². The third-order valence-corrected chi connectivity index (χ3v) is 4.96. The minimum Gasteiger partial charge on any atom is -0.304 e. The highest BCUT2D eigenvalue weighted by atomic mass is 16.2. The van der Waals surface area contributed by atoms with E-state index in [1.807, 2.05) is 68.6 Å². The molecule has 1 aliphatic heterocycles. The summed E-state index contributed by atoms with van der Waals surface area (Å²) in [5.41, 5.74) is 4.10. The molecule has 2 heterocycles. The second-order valence-corrected chi connectivity index (χ2v) is 7.38. The average Bonchev–Trinajstić information content (AvgIpc) is 3.17. The predicted molar refractivity (Wildman–Crippen MR) is 116 cm³/mol. The van der Waals surface area contributed by atoms with E-state index in [9.17, 15) is 9.59 Å². The molecule has 1 aliphatic rings. The van der Waals surface area contributed by atoms with Crippen molar-refractivity contribution in [2.45, 2.75) is 33.2 Å². The lowest BCUT2D eigenvalue weighted by Crippen LogP contribution is -2.36. The largest absolute Gasteiger partial charge is 0.304 e. The molecule has 0 saturated heterocycles. The molecule has 2 amide bonds. The molecule has 152 valence electrons. The van der Waals surface area contributed by atoms with Crippen molar-refractivity contribution in [1.29, 1.82) is 0 Å². The SMILES string of the molecule is Cc1ccc(C)c(N2N=C(C(=O)Nc3ccn(Cc4ccccc4)n3)CCC2=O)c1. The van der Waals surface area contributed by atoms with Crippen LogP contribution in [0.3, 0.4) is 0 Å². The van der Waals surface area contributed by atoms with Crippen LogP contribution in [0.5, 0.6) is 0 Å². The number of benzene rings is 2. The van der Waals surface area contributed by atoms with Gasteiger partial charge in [0, 0.05) is 25.1 Å². The second-order valence-electron chi connectivity index (χ2n) is 7.38. The van der Waals surface area contributed by atoms with Gasteiger partial charge in [-0.05, 0) is 36.6 Å². The Labute approximate surface area is 175 Å². The predicted octanol–water partition coefficient (Wildman–Crippen LogP) is 3.67. The molecule has 0 spiro atoms. The van der Waals surface area contributed by atoms with E-state index in [2.05, 4.69) is 15.5 Å². The van der Waals surface area contributed by atoms with Crippen LogP contribution in [0, 0.1) is 13.8 Å². The minimum absolute atomic E-state index is 0.118. The average molecular weight is 401 g/mol. The number of rotatable bonds is 5. The van der Waals surface area contributed by atoms with Crippen LogP contribution in [-0.2, 0) is 16.1 Å². The number of nitrogens with zero attached hydrogens (tertiary/aromatic N) is 4. The van der Waals surface area contributed by atoms with Crippen LogP contribution < -0.4 is 10.3 Å². The van der Waals surface area contributed by atoms with Crippen LogP contribution >= 0.6 is 0 Å². The van der Waals surface area contributed by atoms with Gasteiger partial charge in [0.05, 0.1) is 12.2 Å². The van der Waals surface area contributed by atoms with Gasteiger partial charge in [-0.2, -0.15) is 10.2 Å². The topological polar surface area (TPSA) is 79.6 Å². The zero-order valence-corrected chi connectivity index (χ0v) is 17.0. The van der Waals surface area contributed by atoms with Gasteiger partial charge in [-0.15, -0.1) is 0 Å². The molecule has 0 radical (unpaired) electrons. The number of nitrogens with one attached hydrogen (secondary N) is 1. The summed E-state index contributed by atoms with van der Waals surface area (Å²) in [4.78, 5) is 25.2. The Bertz CT molecular complexity index is 1120. The number of hydrogen-bond acceptors (Lipinski definition) is 4. The van der Waals surface area contributed by atoms with E-state index in [4.69, 9.17) is 0 Å². The number of anilines is 2. The monoisotopic (exact) mass is 401 g/mol. The zero-order chi connectivity index (χ0) is 21.1. The number of aromatic nitrogens is 2. The van der Waals surface area contributed by atoms with Gasteiger partial charge in [0.1, 0.15) is 5.71 Å². The van der Waals surface area contributed by atoms with Crippen molar-refractivity contribution in [2.75, 3.05) is 10.3 Å². The molecule has 3 aromatic rings. The van der Waals surface area contributed by atoms with Gasteiger partial charge in [-0.25, -0.2) is 5.01 Å². The molecule has 7 nitrogen and oxygen atoms in total. The lowest BCUT2D eigenvalue weighted by molar-refractivity contribution is -0.118. The fraction of sp³-hybridized carbons (Fsp3) is 0.217. The van der Waals surface area contributed by atoms with Crippen LogP contribution in [0.1, 0.15) is 29.5 Å². The number of hydrazone groups is 1. The maximum absolute atomic E-state index is 12.7. The van der Waals surface area contributed by atoms with Crippen molar-refractivity contribution < 1.29 is 9.59 Å². The first-order chi connectivity index (χ1) is 14.5. The van der Waals surface area contributed by atoms with E-state index < -0.39 is 0 Å². The molecule has 30 heavy (non-hydrogen) atoms. The molecule has 0 bridgehead atoms. The highest BCUT2D eigenvalue weighted by Gasteiger charge is 2.27. The summed E-state index contributed by atoms with van der Waals surface area (Å²) in [5.74, 6) is -0.0102. The first kappa shape index (κ1) is 19.6. The van der Waals surface area contributed by atoms with Crippen LogP contribution in [0.2, 0.25) is 0 Å². The van der Waals surface area contributed by atoms with Crippen molar-refractivity contribution >= 4 is 29.0 Å². The molecule has 1 N–H and O–H groups in total.